The predicted molar refractivity (Wildman–Crippen MR) is 52.6 cm³/mol. The summed E-state index contributed by atoms with van der Waals surface area (Å²) < 4.78 is 36.7. The first kappa shape index (κ1) is 12.8. The van der Waals surface area contributed by atoms with Crippen LogP contribution in [0.25, 0.3) is 0 Å². The molecule has 0 aromatic carbocycles. The van der Waals surface area contributed by atoms with E-state index in [0.717, 1.165) is 6.20 Å². The maximum Gasteiger partial charge on any atom is 0.427 e. The van der Waals surface area contributed by atoms with Crippen LogP contribution in [-0.4, -0.2) is 29.7 Å². The molecule has 0 saturated heterocycles. The summed E-state index contributed by atoms with van der Waals surface area (Å²) in [6.07, 6.45) is -3.79. The van der Waals surface area contributed by atoms with Crippen LogP contribution in [0, 0.1) is 0 Å². The van der Waals surface area contributed by atoms with Gasteiger partial charge >= 0.3 is 12.1 Å². The first-order chi connectivity index (χ1) is 7.30. The predicted octanol–water partition coefficient (Wildman–Crippen LogP) is 2.07. The molecule has 1 heterocycles. The van der Waals surface area contributed by atoms with Gasteiger partial charge in [0, 0.05) is 13.6 Å². The van der Waals surface area contributed by atoms with Crippen molar-refractivity contribution in [3.05, 3.63) is 11.1 Å². The molecule has 8 heteroatoms. The van der Waals surface area contributed by atoms with Crippen LogP contribution in [0.1, 0.15) is 11.3 Å². The summed E-state index contributed by atoms with van der Waals surface area (Å²) in [6, 6.07) is 0. The third-order valence-corrected chi connectivity index (χ3v) is 2.92. The van der Waals surface area contributed by atoms with Gasteiger partial charge in [-0.25, -0.2) is 4.98 Å². The van der Waals surface area contributed by atoms with E-state index in [2.05, 4.69) is 4.98 Å². The molecule has 0 radical (unpaired) electrons. The van der Waals surface area contributed by atoms with Gasteiger partial charge < -0.3 is 10.0 Å². The summed E-state index contributed by atoms with van der Waals surface area (Å²) in [4.78, 5) is 14.5. The van der Waals surface area contributed by atoms with Crippen molar-refractivity contribution in [2.45, 2.75) is 12.6 Å². The molecular formula is C8H9F3N2O2S. The summed E-state index contributed by atoms with van der Waals surface area (Å²) >= 11 is 0.496. The maximum atomic E-state index is 12.2. The minimum atomic E-state index is -4.40. The molecule has 0 bridgehead atoms. The van der Waals surface area contributed by atoms with Gasteiger partial charge in [0.2, 0.25) is 0 Å². The topological polar surface area (TPSA) is 53.4 Å². The lowest BCUT2D eigenvalue weighted by Gasteiger charge is -2.13. The van der Waals surface area contributed by atoms with Gasteiger partial charge in [0.05, 0.1) is 12.6 Å². The fourth-order valence-corrected chi connectivity index (χ4v) is 1.70. The highest BCUT2D eigenvalue weighted by molar-refractivity contribution is 7.15. The van der Waals surface area contributed by atoms with Crippen molar-refractivity contribution in [3.63, 3.8) is 0 Å². The average molecular weight is 254 g/mol. The normalized spacial score (nSPS) is 11.5. The number of carbonyl (C=O) groups is 1. The Morgan fingerprint density at radius 2 is 2.25 bits per heavy atom. The van der Waals surface area contributed by atoms with E-state index in [0.29, 0.717) is 11.3 Å². The number of carboxylic acids is 1. The highest BCUT2D eigenvalue weighted by Crippen LogP contribution is 2.35. The molecule has 0 aliphatic carbocycles. The molecule has 4 nitrogen and oxygen atoms in total. The quantitative estimate of drug-likeness (QED) is 0.893. The monoisotopic (exact) mass is 254 g/mol. The van der Waals surface area contributed by atoms with Crippen LogP contribution in [-0.2, 0) is 11.0 Å². The van der Waals surface area contributed by atoms with Gasteiger partial charge in [0.15, 0.2) is 5.13 Å². The number of alkyl halides is 3. The smallest absolute Gasteiger partial charge is 0.427 e. The first-order valence-corrected chi connectivity index (χ1v) is 5.08. The summed E-state index contributed by atoms with van der Waals surface area (Å²) in [6.45, 7) is 0.125. The lowest BCUT2D eigenvalue weighted by Crippen LogP contribution is -2.20. The van der Waals surface area contributed by atoms with E-state index in [4.69, 9.17) is 5.11 Å². The summed E-state index contributed by atoms with van der Waals surface area (Å²) in [5, 5.41) is 8.58. The number of aromatic nitrogens is 1. The number of carboxylic acid groups (broad SMARTS) is 1. The Labute approximate surface area is 93.3 Å². The van der Waals surface area contributed by atoms with Gasteiger partial charge in [-0.1, -0.05) is 11.3 Å². The van der Waals surface area contributed by atoms with Gasteiger partial charge in [0.1, 0.15) is 4.88 Å². The van der Waals surface area contributed by atoms with Crippen LogP contribution in [0.15, 0.2) is 6.20 Å². The molecule has 0 atom stereocenters. The SMILES string of the molecule is CN(CCC(=O)O)c1ncc(C(F)(F)F)s1. The Bertz CT molecular complexity index is 378. The first-order valence-electron chi connectivity index (χ1n) is 4.26. The highest BCUT2D eigenvalue weighted by atomic mass is 32.1. The number of halogens is 3. The zero-order chi connectivity index (χ0) is 12.3. The molecular weight excluding hydrogens is 245 g/mol. The minimum Gasteiger partial charge on any atom is -0.481 e. The van der Waals surface area contributed by atoms with Crippen molar-refractivity contribution in [3.8, 4) is 0 Å². The Morgan fingerprint density at radius 1 is 1.62 bits per heavy atom. The zero-order valence-electron chi connectivity index (χ0n) is 8.28. The molecule has 1 rings (SSSR count). The third-order valence-electron chi connectivity index (χ3n) is 1.76. The second kappa shape index (κ2) is 4.69. The van der Waals surface area contributed by atoms with Crippen LogP contribution in [0.3, 0.4) is 0 Å². The van der Waals surface area contributed by atoms with E-state index >= 15 is 0 Å². The molecule has 0 aliphatic rings. The molecule has 1 N–H and O–H groups in total. The molecule has 0 unspecified atom stereocenters. The van der Waals surface area contributed by atoms with Crippen molar-refractivity contribution < 1.29 is 23.1 Å². The Hall–Kier alpha value is -1.31. The Morgan fingerprint density at radius 3 is 2.69 bits per heavy atom. The van der Waals surface area contributed by atoms with Crippen LogP contribution >= 0.6 is 11.3 Å². The van der Waals surface area contributed by atoms with Crippen molar-refractivity contribution >= 4 is 22.4 Å². The van der Waals surface area contributed by atoms with Gasteiger partial charge in [-0.05, 0) is 0 Å². The van der Waals surface area contributed by atoms with Crippen LogP contribution < -0.4 is 4.90 Å². The largest absolute Gasteiger partial charge is 0.481 e. The second-order valence-corrected chi connectivity index (χ2v) is 4.08. The fraction of sp³-hybridized carbons (Fsp3) is 0.500. The molecule has 0 fully saturated rings. The number of hydrogen-bond acceptors (Lipinski definition) is 4. The zero-order valence-corrected chi connectivity index (χ0v) is 9.10. The lowest BCUT2D eigenvalue weighted by molar-refractivity contribution is -0.137. The summed E-state index contributed by atoms with van der Waals surface area (Å²) in [5.74, 6) is -1.00. The number of anilines is 1. The second-order valence-electron chi connectivity index (χ2n) is 3.07. The fourth-order valence-electron chi connectivity index (χ4n) is 0.931. The van der Waals surface area contributed by atoms with Gasteiger partial charge in [-0.15, -0.1) is 0 Å². The number of rotatable bonds is 4. The van der Waals surface area contributed by atoms with E-state index in [1.807, 2.05) is 0 Å². The molecule has 0 amide bonds. The average Bonchev–Trinajstić information content (AvgIpc) is 2.61. The van der Waals surface area contributed by atoms with E-state index in [-0.39, 0.29) is 18.1 Å². The lowest BCUT2D eigenvalue weighted by atomic mass is 10.4. The van der Waals surface area contributed by atoms with E-state index in [1.165, 1.54) is 11.9 Å². The Kier molecular flexibility index (Phi) is 3.74. The van der Waals surface area contributed by atoms with Gasteiger partial charge in [0.25, 0.3) is 0 Å². The molecule has 90 valence electrons. The van der Waals surface area contributed by atoms with Crippen molar-refractivity contribution in [2.75, 3.05) is 18.5 Å². The third kappa shape index (κ3) is 3.37. The van der Waals surface area contributed by atoms with Gasteiger partial charge in [-0.3, -0.25) is 4.79 Å². The molecule has 1 aromatic heterocycles. The van der Waals surface area contributed by atoms with E-state index in [1.54, 1.807) is 0 Å². The van der Waals surface area contributed by atoms with E-state index < -0.39 is 17.0 Å². The molecule has 1 aromatic rings. The molecule has 0 spiro atoms. The van der Waals surface area contributed by atoms with E-state index in [9.17, 15) is 18.0 Å². The maximum absolute atomic E-state index is 12.2. The summed E-state index contributed by atoms with van der Waals surface area (Å²) in [5.41, 5.74) is 0. The molecule has 0 saturated carbocycles. The molecule has 16 heavy (non-hydrogen) atoms. The van der Waals surface area contributed by atoms with Crippen LogP contribution in [0.5, 0.6) is 0 Å². The number of hydrogen-bond donors (Lipinski definition) is 1. The van der Waals surface area contributed by atoms with Crippen LogP contribution in [0.4, 0.5) is 18.3 Å². The van der Waals surface area contributed by atoms with Crippen molar-refractivity contribution in [1.29, 1.82) is 0 Å². The van der Waals surface area contributed by atoms with Crippen LogP contribution in [0.2, 0.25) is 0 Å². The molecule has 0 aliphatic heterocycles. The number of thiazole rings is 1. The summed E-state index contributed by atoms with van der Waals surface area (Å²) in [7, 11) is 1.50. The van der Waals surface area contributed by atoms with Crippen molar-refractivity contribution in [1.82, 2.24) is 4.98 Å². The highest BCUT2D eigenvalue weighted by Gasteiger charge is 2.33. The Balaban J connectivity index is 2.67. The number of nitrogens with zero attached hydrogens (tertiary/aromatic N) is 2. The van der Waals surface area contributed by atoms with Gasteiger partial charge in [-0.2, -0.15) is 13.2 Å². The minimum absolute atomic E-state index is 0.125. The number of aliphatic carboxylic acids is 1. The van der Waals surface area contributed by atoms with Crippen molar-refractivity contribution in [2.24, 2.45) is 0 Å². The standard InChI is InChI=1S/C8H9F3N2O2S/c1-13(3-2-6(14)15)7-12-4-5(16-7)8(9,10)11/h4H,2-3H2,1H3,(H,14,15).